The smallest absolute Gasteiger partial charge is 0.257 e. The van der Waals surface area contributed by atoms with E-state index >= 15 is 0 Å². The molecule has 1 aliphatic rings. The maximum absolute atomic E-state index is 13.2. The molecular formula is C24H25N7O3S. The lowest BCUT2D eigenvalue weighted by Crippen LogP contribution is -2.48. The number of anilines is 4. The summed E-state index contributed by atoms with van der Waals surface area (Å²) in [5.74, 6) is 2.29. The zero-order chi connectivity index (χ0) is 24.2. The summed E-state index contributed by atoms with van der Waals surface area (Å²) in [6.45, 7) is 4.89. The second kappa shape index (κ2) is 10.0. The van der Waals surface area contributed by atoms with E-state index in [1.165, 1.54) is 0 Å². The van der Waals surface area contributed by atoms with Gasteiger partial charge >= 0.3 is 0 Å². The van der Waals surface area contributed by atoms with Crippen molar-refractivity contribution >= 4 is 40.6 Å². The van der Waals surface area contributed by atoms with Crippen LogP contribution in [-0.2, 0) is 6.54 Å². The van der Waals surface area contributed by atoms with Gasteiger partial charge in [-0.25, -0.2) is 0 Å². The summed E-state index contributed by atoms with van der Waals surface area (Å²) in [5, 5.41) is 17.2. The van der Waals surface area contributed by atoms with Crippen molar-refractivity contribution in [3.63, 3.8) is 0 Å². The number of hydrogen-bond donors (Lipinski definition) is 3. The number of piperazine rings is 1. The summed E-state index contributed by atoms with van der Waals surface area (Å²) >= 11 is 1.04. The first kappa shape index (κ1) is 22.7. The van der Waals surface area contributed by atoms with Crippen molar-refractivity contribution in [2.24, 2.45) is 0 Å². The number of phenolic OH excluding ortho intramolecular Hbond substituents is 1. The van der Waals surface area contributed by atoms with E-state index in [1.807, 2.05) is 31.2 Å². The van der Waals surface area contributed by atoms with Crippen LogP contribution in [0.25, 0.3) is 0 Å². The van der Waals surface area contributed by atoms with Gasteiger partial charge in [0.25, 0.3) is 5.91 Å². The third kappa shape index (κ3) is 5.04. The highest BCUT2D eigenvalue weighted by Gasteiger charge is 2.25. The predicted molar refractivity (Wildman–Crippen MR) is 134 cm³/mol. The van der Waals surface area contributed by atoms with Gasteiger partial charge in [0.15, 0.2) is 17.4 Å². The topological polar surface area (TPSA) is 120 Å². The van der Waals surface area contributed by atoms with Crippen LogP contribution in [0.4, 0.5) is 23.0 Å². The number of nitrogens with zero attached hydrogens (tertiary/aromatic N) is 5. The fraction of sp³-hybridized carbons (Fsp3) is 0.250. The monoisotopic (exact) mass is 491 g/mol. The first-order valence-corrected chi connectivity index (χ1v) is 12.0. The Morgan fingerprint density at radius 1 is 1.06 bits per heavy atom. The molecule has 11 heteroatoms. The van der Waals surface area contributed by atoms with Crippen molar-refractivity contribution in [2.75, 3.05) is 41.7 Å². The first-order valence-electron chi connectivity index (χ1n) is 11.2. The van der Waals surface area contributed by atoms with Crippen LogP contribution in [0.3, 0.4) is 0 Å². The summed E-state index contributed by atoms with van der Waals surface area (Å²) in [4.78, 5) is 21.2. The second-order valence-corrected chi connectivity index (χ2v) is 8.67. The molecule has 4 heterocycles. The van der Waals surface area contributed by atoms with Crippen LogP contribution in [-0.4, -0.2) is 55.8 Å². The van der Waals surface area contributed by atoms with Crippen LogP contribution in [0.1, 0.15) is 21.9 Å². The number of carbonyl (C=O) groups is 1. The normalized spacial score (nSPS) is 13.6. The number of aromatic nitrogens is 3. The summed E-state index contributed by atoms with van der Waals surface area (Å²) in [6, 6.07) is 12.8. The van der Waals surface area contributed by atoms with E-state index in [4.69, 9.17) is 4.42 Å². The average molecular weight is 492 g/mol. The zero-order valence-electron chi connectivity index (χ0n) is 19.1. The molecule has 3 aromatic heterocycles. The van der Waals surface area contributed by atoms with Gasteiger partial charge in [0.1, 0.15) is 11.5 Å². The molecule has 10 nitrogen and oxygen atoms in total. The molecular weight excluding hydrogens is 466 g/mol. The summed E-state index contributed by atoms with van der Waals surface area (Å²) in [5.41, 5.74) is 1.72. The highest BCUT2D eigenvalue weighted by Crippen LogP contribution is 2.33. The summed E-state index contributed by atoms with van der Waals surface area (Å²) in [7, 11) is 0. The zero-order valence-corrected chi connectivity index (χ0v) is 20.0. The number of phenols is 1. The quantitative estimate of drug-likeness (QED) is 0.331. The third-order valence-electron chi connectivity index (χ3n) is 5.83. The molecule has 180 valence electrons. The lowest BCUT2D eigenvalue weighted by Gasteiger charge is -2.36. The Hall–Kier alpha value is -4.12. The van der Waals surface area contributed by atoms with Gasteiger partial charge in [0, 0.05) is 44.3 Å². The van der Waals surface area contributed by atoms with E-state index in [9.17, 15) is 9.90 Å². The molecule has 0 saturated carbocycles. The highest BCUT2D eigenvalue weighted by atomic mass is 32.1. The molecule has 0 spiro atoms. The number of amides is 1. The fourth-order valence-electron chi connectivity index (χ4n) is 3.97. The van der Waals surface area contributed by atoms with E-state index in [2.05, 4.69) is 29.3 Å². The highest BCUT2D eigenvalue weighted by molar-refractivity contribution is 6.99. The van der Waals surface area contributed by atoms with Gasteiger partial charge in [-0.3, -0.25) is 9.78 Å². The Balaban J connectivity index is 1.25. The van der Waals surface area contributed by atoms with E-state index in [1.54, 1.807) is 35.5 Å². The standard InChI is InChI=1S/C24H25N7O3S/c1-16-5-6-18(34-16)15-26-22-23(29-35-28-22)27-20-4-2-3-19(21(20)32)24(33)31-13-11-30(12-14-31)17-7-9-25-10-8-17/h2-10,32H,11-15H2,1H3,(H,26,28)(H,27,29). The molecule has 0 unspecified atom stereocenters. The Labute approximate surface area is 206 Å². The molecule has 35 heavy (non-hydrogen) atoms. The number of rotatable bonds is 7. The van der Waals surface area contributed by atoms with Crippen molar-refractivity contribution < 1.29 is 14.3 Å². The predicted octanol–water partition coefficient (Wildman–Crippen LogP) is 3.86. The SMILES string of the molecule is Cc1ccc(CNc2nsnc2Nc2cccc(C(=O)N3CCN(c4ccncc4)CC3)c2O)o1. The number of furan rings is 1. The van der Waals surface area contributed by atoms with E-state index in [-0.39, 0.29) is 17.2 Å². The molecule has 0 bridgehead atoms. The van der Waals surface area contributed by atoms with Gasteiger partial charge < -0.3 is 30.0 Å². The number of para-hydroxylation sites is 1. The van der Waals surface area contributed by atoms with Crippen LogP contribution in [0.2, 0.25) is 0 Å². The van der Waals surface area contributed by atoms with Gasteiger partial charge in [-0.2, -0.15) is 8.75 Å². The van der Waals surface area contributed by atoms with Crippen molar-refractivity contribution in [2.45, 2.75) is 13.5 Å². The van der Waals surface area contributed by atoms with Gasteiger partial charge in [0.05, 0.1) is 29.5 Å². The number of benzene rings is 1. The average Bonchev–Trinajstić information content (AvgIpc) is 3.52. The number of aromatic hydroxyl groups is 1. The maximum Gasteiger partial charge on any atom is 0.257 e. The van der Waals surface area contributed by atoms with Gasteiger partial charge in [-0.15, -0.1) is 0 Å². The Morgan fingerprint density at radius 2 is 1.83 bits per heavy atom. The second-order valence-electron chi connectivity index (χ2n) is 8.14. The Kier molecular flexibility index (Phi) is 6.49. The van der Waals surface area contributed by atoms with Crippen molar-refractivity contribution in [1.82, 2.24) is 18.6 Å². The molecule has 0 radical (unpaired) electrons. The molecule has 1 aliphatic heterocycles. The van der Waals surface area contributed by atoms with Crippen molar-refractivity contribution in [3.05, 3.63) is 71.9 Å². The van der Waals surface area contributed by atoms with Crippen LogP contribution < -0.4 is 15.5 Å². The first-order chi connectivity index (χ1) is 17.1. The molecule has 1 fully saturated rings. The minimum absolute atomic E-state index is 0.116. The molecule has 1 aromatic carbocycles. The molecule has 1 amide bonds. The van der Waals surface area contributed by atoms with E-state index in [0.717, 1.165) is 28.9 Å². The van der Waals surface area contributed by atoms with Crippen molar-refractivity contribution in [1.29, 1.82) is 0 Å². The van der Waals surface area contributed by atoms with Crippen molar-refractivity contribution in [3.8, 4) is 5.75 Å². The lowest BCUT2D eigenvalue weighted by atomic mass is 10.1. The van der Waals surface area contributed by atoms with Gasteiger partial charge in [-0.05, 0) is 43.3 Å². The Morgan fingerprint density at radius 3 is 2.57 bits per heavy atom. The molecule has 0 atom stereocenters. The van der Waals surface area contributed by atoms with Crippen LogP contribution >= 0.6 is 11.7 Å². The molecule has 1 saturated heterocycles. The number of hydrogen-bond acceptors (Lipinski definition) is 10. The molecule has 0 aliphatic carbocycles. The summed E-state index contributed by atoms with van der Waals surface area (Å²) < 4.78 is 14.1. The van der Waals surface area contributed by atoms with Crippen LogP contribution in [0.5, 0.6) is 5.75 Å². The number of nitrogens with one attached hydrogen (secondary N) is 2. The number of aryl methyl sites for hydroxylation is 1. The van der Waals surface area contributed by atoms with Gasteiger partial charge in [0.2, 0.25) is 0 Å². The minimum Gasteiger partial charge on any atom is -0.505 e. The molecule has 4 aromatic rings. The maximum atomic E-state index is 13.2. The van der Waals surface area contributed by atoms with Crippen LogP contribution in [0.15, 0.2) is 59.3 Å². The van der Waals surface area contributed by atoms with Crippen LogP contribution in [0, 0.1) is 6.92 Å². The molecule has 5 rings (SSSR count). The number of carbonyl (C=O) groups excluding carboxylic acids is 1. The Bertz CT molecular complexity index is 1300. The number of pyridine rings is 1. The summed E-state index contributed by atoms with van der Waals surface area (Å²) in [6.07, 6.45) is 3.53. The van der Waals surface area contributed by atoms with E-state index < -0.39 is 0 Å². The fourth-order valence-corrected chi connectivity index (χ4v) is 4.46. The largest absolute Gasteiger partial charge is 0.505 e. The third-order valence-corrected chi connectivity index (χ3v) is 6.36. The lowest BCUT2D eigenvalue weighted by molar-refractivity contribution is 0.0744. The van der Waals surface area contributed by atoms with Gasteiger partial charge in [-0.1, -0.05) is 6.07 Å². The molecule has 3 N–H and O–H groups in total. The van der Waals surface area contributed by atoms with E-state index in [0.29, 0.717) is 50.0 Å². The minimum atomic E-state index is -0.205.